The van der Waals surface area contributed by atoms with Crippen LogP contribution in [0.25, 0.3) is 0 Å². The van der Waals surface area contributed by atoms with Crippen molar-refractivity contribution in [3.63, 3.8) is 0 Å². The van der Waals surface area contributed by atoms with E-state index >= 15 is 0 Å². The quantitative estimate of drug-likeness (QED) is 0.343. The van der Waals surface area contributed by atoms with Crippen molar-refractivity contribution in [2.24, 2.45) is 29.6 Å². The van der Waals surface area contributed by atoms with Crippen LogP contribution in [0.4, 0.5) is 11.4 Å². The van der Waals surface area contributed by atoms with Gasteiger partial charge in [0, 0.05) is 21.4 Å². The lowest BCUT2D eigenvalue weighted by atomic mass is 9.45. The molecule has 8 rings (SSSR count). The minimum atomic E-state index is -1.18. The van der Waals surface area contributed by atoms with E-state index in [1.807, 2.05) is 42.5 Å². The highest BCUT2D eigenvalue weighted by molar-refractivity contribution is 6.32. The van der Waals surface area contributed by atoms with Crippen molar-refractivity contribution in [2.75, 3.05) is 9.80 Å². The number of benzene rings is 3. The summed E-state index contributed by atoms with van der Waals surface area (Å²) in [6.07, 6.45) is 3.77. The number of carbonyl (C=O) groups excluding carboxylic acids is 4. The molecule has 1 saturated carbocycles. The van der Waals surface area contributed by atoms with Gasteiger partial charge in [0.2, 0.25) is 23.6 Å². The van der Waals surface area contributed by atoms with Gasteiger partial charge in [-0.1, -0.05) is 77.8 Å². The average Bonchev–Trinajstić information content (AvgIpc) is 3.36. The van der Waals surface area contributed by atoms with E-state index < -0.39 is 35.0 Å². The maximum Gasteiger partial charge on any atom is 0.238 e. The largest absolute Gasteiger partial charge is 0.274 e. The number of hydrogen-bond acceptors (Lipinski definition) is 4. The number of allylic oxidation sites excluding steroid dienone is 2. The molecule has 2 unspecified atom stereocenters. The summed E-state index contributed by atoms with van der Waals surface area (Å²) in [6, 6.07) is 22.5. The number of imide groups is 2. The molecule has 3 aromatic rings. The molecule has 6 nitrogen and oxygen atoms in total. The van der Waals surface area contributed by atoms with Gasteiger partial charge in [0.15, 0.2) is 0 Å². The molecule has 188 valence electrons. The van der Waals surface area contributed by atoms with Crippen LogP contribution in [0.5, 0.6) is 0 Å². The fourth-order valence-corrected chi connectivity index (χ4v) is 7.59. The Morgan fingerprint density at radius 1 is 0.605 bits per heavy atom. The van der Waals surface area contributed by atoms with E-state index in [0.717, 1.165) is 5.56 Å². The van der Waals surface area contributed by atoms with Crippen molar-refractivity contribution in [3.8, 4) is 0 Å². The Kier molecular flexibility index (Phi) is 5.00. The van der Waals surface area contributed by atoms with Gasteiger partial charge in [-0.25, -0.2) is 9.80 Å². The second-order valence-electron chi connectivity index (χ2n) is 10.2. The average molecular weight is 543 g/mol. The smallest absolute Gasteiger partial charge is 0.238 e. The van der Waals surface area contributed by atoms with Crippen molar-refractivity contribution in [3.05, 3.63) is 107 Å². The van der Waals surface area contributed by atoms with Crippen molar-refractivity contribution in [2.45, 2.75) is 5.41 Å². The van der Waals surface area contributed by atoms with Crippen LogP contribution in [-0.4, -0.2) is 23.6 Å². The number of halogens is 2. The first-order valence-corrected chi connectivity index (χ1v) is 13.1. The Bertz CT molecular complexity index is 1500. The SMILES string of the molecule is O=C1[C@@H]2C3C=CC(c4ccccc4)([C@@H]4C(=O)N(c5cccc(Cl)c5)C(=O)[C@@H]34)[C@H]2C(=O)N1c1cccc(Cl)c1. The molecule has 2 heterocycles. The second-order valence-corrected chi connectivity index (χ2v) is 11.1. The molecule has 5 aliphatic rings. The van der Waals surface area contributed by atoms with Gasteiger partial charge in [0.05, 0.1) is 35.0 Å². The molecule has 8 heteroatoms. The summed E-state index contributed by atoms with van der Waals surface area (Å²) in [5.41, 5.74) is 0.314. The third kappa shape index (κ3) is 2.90. The van der Waals surface area contributed by atoms with Crippen LogP contribution >= 0.6 is 23.2 Å². The Hall–Kier alpha value is -3.74. The Balaban J connectivity index is 1.43. The maximum atomic E-state index is 14.2. The highest BCUT2D eigenvalue weighted by Gasteiger charge is 2.75. The van der Waals surface area contributed by atoms with Gasteiger partial charge in [-0.05, 0) is 42.0 Å². The van der Waals surface area contributed by atoms with E-state index in [1.54, 1.807) is 48.5 Å². The van der Waals surface area contributed by atoms with E-state index in [2.05, 4.69) is 0 Å². The summed E-state index contributed by atoms with van der Waals surface area (Å²) >= 11 is 12.4. The van der Waals surface area contributed by atoms with Gasteiger partial charge in [0.25, 0.3) is 0 Å². The summed E-state index contributed by atoms with van der Waals surface area (Å²) in [6.45, 7) is 0. The van der Waals surface area contributed by atoms with Gasteiger partial charge in [0.1, 0.15) is 0 Å². The first-order chi connectivity index (χ1) is 18.3. The molecule has 3 aliphatic carbocycles. The third-order valence-electron chi connectivity index (χ3n) is 8.56. The minimum Gasteiger partial charge on any atom is -0.274 e. The zero-order chi connectivity index (χ0) is 26.3. The van der Waals surface area contributed by atoms with Gasteiger partial charge in [-0.2, -0.15) is 0 Å². The molecule has 3 aromatic carbocycles. The standard InChI is InChI=1S/C30H20Cl2N2O4/c31-17-8-4-10-19(14-17)33-26(35)22-21-12-13-30(24(22)28(33)37,16-6-2-1-3-7-16)25-23(21)27(36)34(29(25)38)20-11-5-9-18(32)15-20/h1-15,21-25H/t21?,22-,23+,24-,25+,30?. The predicted octanol–water partition coefficient (Wildman–Crippen LogP) is 5.04. The minimum absolute atomic E-state index is 0.378. The van der Waals surface area contributed by atoms with E-state index in [4.69, 9.17) is 23.2 Å². The number of amides is 4. The topological polar surface area (TPSA) is 74.8 Å². The molecule has 6 atom stereocenters. The van der Waals surface area contributed by atoms with E-state index in [-0.39, 0.29) is 23.6 Å². The highest BCUT2D eigenvalue weighted by Crippen LogP contribution is 2.65. The van der Waals surface area contributed by atoms with Crippen LogP contribution in [-0.2, 0) is 24.6 Å². The molecule has 2 aliphatic heterocycles. The third-order valence-corrected chi connectivity index (χ3v) is 9.03. The summed E-state index contributed by atoms with van der Waals surface area (Å²) in [5, 5.41) is 0.799. The zero-order valence-corrected chi connectivity index (χ0v) is 21.3. The predicted molar refractivity (Wildman–Crippen MR) is 143 cm³/mol. The summed E-state index contributed by atoms with van der Waals surface area (Å²) in [4.78, 5) is 58.8. The number of rotatable bonds is 3. The van der Waals surface area contributed by atoms with Crippen LogP contribution in [0.3, 0.4) is 0 Å². The van der Waals surface area contributed by atoms with Gasteiger partial charge in [-0.3, -0.25) is 19.2 Å². The summed E-state index contributed by atoms with van der Waals surface area (Å²) in [7, 11) is 0. The van der Waals surface area contributed by atoms with Crippen molar-refractivity contribution >= 4 is 58.2 Å². The monoisotopic (exact) mass is 542 g/mol. The molecular weight excluding hydrogens is 523 g/mol. The molecule has 4 amide bonds. The molecular formula is C30H20Cl2N2O4. The number of hydrogen-bond donors (Lipinski definition) is 0. The zero-order valence-electron chi connectivity index (χ0n) is 19.8. The molecule has 3 fully saturated rings. The maximum absolute atomic E-state index is 14.2. The lowest BCUT2D eigenvalue weighted by Crippen LogP contribution is -2.60. The van der Waals surface area contributed by atoms with E-state index in [9.17, 15) is 19.2 Å². The first kappa shape index (κ1) is 23.4. The van der Waals surface area contributed by atoms with Crippen LogP contribution in [0, 0.1) is 29.6 Å². The Morgan fingerprint density at radius 2 is 1.11 bits per heavy atom. The molecule has 2 bridgehead atoms. The molecule has 38 heavy (non-hydrogen) atoms. The van der Waals surface area contributed by atoms with Gasteiger partial charge in [-0.15, -0.1) is 0 Å². The summed E-state index contributed by atoms with van der Waals surface area (Å²) in [5.74, 6) is -5.40. The number of carbonyl (C=O) groups is 4. The first-order valence-electron chi connectivity index (χ1n) is 12.4. The van der Waals surface area contributed by atoms with Crippen LogP contribution in [0.15, 0.2) is 91.0 Å². The van der Waals surface area contributed by atoms with E-state index in [0.29, 0.717) is 21.4 Å². The Morgan fingerprint density at radius 3 is 1.58 bits per heavy atom. The number of nitrogens with zero attached hydrogens (tertiary/aromatic N) is 2. The molecule has 0 aromatic heterocycles. The molecule has 2 saturated heterocycles. The van der Waals surface area contributed by atoms with Crippen molar-refractivity contribution in [1.29, 1.82) is 0 Å². The van der Waals surface area contributed by atoms with Crippen LogP contribution in [0.1, 0.15) is 5.56 Å². The molecule has 0 radical (unpaired) electrons. The Labute approximate surface area is 228 Å². The molecule has 0 spiro atoms. The fourth-order valence-electron chi connectivity index (χ4n) is 7.22. The van der Waals surface area contributed by atoms with Crippen molar-refractivity contribution < 1.29 is 19.2 Å². The van der Waals surface area contributed by atoms with Gasteiger partial charge >= 0.3 is 0 Å². The van der Waals surface area contributed by atoms with Gasteiger partial charge < -0.3 is 0 Å². The van der Waals surface area contributed by atoms with E-state index in [1.165, 1.54) is 9.80 Å². The fraction of sp³-hybridized carbons (Fsp3) is 0.200. The van der Waals surface area contributed by atoms with Crippen molar-refractivity contribution in [1.82, 2.24) is 0 Å². The van der Waals surface area contributed by atoms with Crippen LogP contribution in [0.2, 0.25) is 10.0 Å². The summed E-state index contributed by atoms with van der Waals surface area (Å²) < 4.78 is 0. The second kappa shape index (κ2) is 8.13. The lowest BCUT2D eigenvalue weighted by Gasteiger charge is -2.53. The highest BCUT2D eigenvalue weighted by atomic mass is 35.5. The van der Waals surface area contributed by atoms with Crippen LogP contribution < -0.4 is 9.80 Å². The molecule has 0 N–H and O–H groups in total. The normalized spacial score (nSPS) is 31.3. The number of anilines is 2. The lowest BCUT2D eigenvalue weighted by molar-refractivity contribution is -0.140.